The van der Waals surface area contributed by atoms with Gasteiger partial charge in [-0.1, -0.05) is 220 Å². The minimum atomic E-state index is -4.78. The lowest BCUT2D eigenvalue weighted by Crippen LogP contribution is -2.30. The Morgan fingerprint density at radius 3 is 1.13 bits per heavy atom. The van der Waals surface area contributed by atoms with Crippen molar-refractivity contribution in [1.29, 1.82) is 0 Å². The molecule has 3 atom stereocenters. The topological polar surface area (TPSA) is 155 Å². The van der Waals surface area contributed by atoms with E-state index in [0.717, 1.165) is 116 Å². The maximum atomic E-state index is 12.9. The van der Waals surface area contributed by atoms with Crippen LogP contribution in [0.5, 0.6) is 0 Å². The lowest BCUT2D eigenvalue weighted by Gasteiger charge is -2.21. The monoisotopic (exact) mass is 1080 g/mol. The van der Waals surface area contributed by atoms with Crippen molar-refractivity contribution >= 4 is 25.7 Å². The van der Waals surface area contributed by atoms with E-state index in [2.05, 4.69) is 118 Å². The molecule has 11 nitrogen and oxygen atoms in total. The van der Waals surface area contributed by atoms with Gasteiger partial charge in [0.05, 0.1) is 19.8 Å². The number of phosphoric ester groups is 1. The number of allylic oxidation sites excluding steroid dienone is 18. The van der Waals surface area contributed by atoms with Gasteiger partial charge in [0.1, 0.15) is 12.7 Å². The zero-order chi connectivity index (χ0) is 55.5. The van der Waals surface area contributed by atoms with Crippen molar-refractivity contribution in [2.45, 2.75) is 251 Å². The van der Waals surface area contributed by atoms with Gasteiger partial charge >= 0.3 is 25.7 Å². The zero-order valence-corrected chi connectivity index (χ0v) is 48.8. The standard InChI is InChI=1S/C64H107O11P/c1-4-7-10-13-16-19-22-25-27-29-30-32-33-36-38-41-44-47-50-53-62(66)71-57-61(75-64(68)55-52-49-46-43-40-37-34-31-28-26-23-20-17-14-11-8-5-2)59-73-76(69,70)72-58-60(56-65)74-63(67)54-51-48-45-42-39-35-24-21-18-15-12-9-6-3/h8-9,11-12,16-21,25-28,35,39,45,48,60-61,65H,4-7,10,13-15,22-24,29-34,36-38,40-44,46-47,49-59H2,1-3H3,(H,69,70)/b11-8-,12-9-,19-16-,20-17-,21-18-,27-25-,28-26-,39-35-,48-45-. The highest BCUT2D eigenvalue weighted by Gasteiger charge is 2.28. The van der Waals surface area contributed by atoms with Crippen molar-refractivity contribution in [3.05, 3.63) is 109 Å². The van der Waals surface area contributed by atoms with Crippen molar-refractivity contribution in [3.63, 3.8) is 0 Å². The Hall–Kier alpha value is -3.86. The third kappa shape index (κ3) is 54.9. The van der Waals surface area contributed by atoms with Crippen molar-refractivity contribution in [3.8, 4) is 0 Å². The average molecular weight is 1080 g/mol. The zero-order valence-electron chi connectivity index (χ0n) is 47.9. The van der Waals surface area contributed by atoms with Crippen LogP contribution in [0.3, 0.4) is 0 Å². The van der Waals surface area contributed by atoms with Crippen molar-refractivity contribution < 1.29 is 52.2 Å². The van der Waals surface area contributed by atoms with Gasteiger partial charge in [0.2, 0.25) is 0 Å². The molecule has 0 aromatic carbocycles. The second-order valence-electron chi connectivity index (χ2n) is 19.4. The van der Waals surface area contributed by atoms with E-state index in [1.165, 1.54) is 64.2 Å². The molecule has 0 aromatic rings. The Balaban J connectivity index is 4.79. The Morgan fingerprint density at radius 2 is 0.711 bits per heavy atom. The van der Waals surface area contributed by atoms with Gasteiger partial charge < -0.3 is 24.2 Å². The second kappa shape index (κ2) is 57.3. The molecule has 3 unspecified atom stereocenters. The first-order valence-electron chi connectivity index (χ1n) is 29.8. The largest absolute Gasteiger partial charge is 0.472 e. The molecule has 0 fully saturated rings. The third-order valence-electron chi connectivity index (χ3n) is 12.2. The molecule has 434 valence electrons. The fourth-order valence-corrected chi connectivity index (χ4v) is 8.49. The molecule has 2 N–H and O–H groups in total. The summed E-state index contributed by atoms with van der Waals surface area (Å²) in [7, 11) is -4.78. The minimum Gasteiger partial charge on any atom is -0.462 e. The SMILES string of the molecule is CC/C=C\C/C=C\C/C=C\C/C=C\CCC(=O)OC(CO)COP(=O)(O)OCC(COC(=O)CCCCCCCCCCC/C=C\C/C=C\CCCCC)OC(=O)CCCCCCCCC/C=C\C/C=C\C/C=C\CC. The Bertz CT molecular complexity index is 1690. The fraction of sp³-hybridized carbons (Fsp3) is 0.672. The van der Waals surface area contributed by atoms with Gasteiger partial charge in [-0.3, -0.25) is 23.4 Å². The van der Waals surface area contributed by atoms with Crippen LogP contribution in [0.1, 0.15) is 239 Å². The Morgan fingerprint density at radius 1 is 0.382 bits per heavy atom. The van der Waals surface area contributed by atoms with Gasteiger partial charge in [0.25, 0.3) is 0 Å². The Labute approximate surface area is 463 Å². The molecule has 0 aliphatic heterocycles. The summed E-state index contributed by atoms with van der Waals surface area (Å²) in [4.78, 5) is 48.6. The van der Waals surface area contributed by atoms with Gasteiger partial charge in [-0.25, -0.2) is 4.57 Å². The van der Waals surface area contributed by atoms with Gasteiger partial charge in [-0.05, 0) is 109 Å². The summed E-state index contributed by atoms with van der Waals surface area (Å²) in [6, 6.07) is 0. The molecular weight excluding hydrogens is 976 g/mol. The lowest BCUT2D eigenvalue weighted by atomic mass is 10.1. The van der Waals surface area contributed by atoms with Crippen molar-refractivity contribution in [2.75, 3.05) is 26.4 Å². The van der Waals surface area contributed by atoms with Gasteiger partial charge in [-0.15, -0.1) is 0 Å². The summed E-state index contributed by atoms with van der Waals surface area (Å²) in [6.07, 6.45) is 69.2. The number of phosphoric acid groups is 1. The predicted octanol–water partition coefficient (Wildman–Crippen LogP) is 17.8. The maximum absolute atomic E-state index is 12.9. The molecule has 0 rings (SSSR count). The molecule has 0 spiro atoms. The van der Waals surface area contributed by atoms with Gasteiger partial charge in [-0.2, -0.15) is 0 Å². The van der Waals surface area contributed by atoms with Crippen LogP contribution in [-0.4, -0.2) is 66.5 Å². The van der Waals surface area contributed by atoms with Crippen LogP contribution in [-0.2, 0) is 42.2 Å². The van der Waals surface area contributed by atoms with E-state index in [4.69, 9.17) is 23.3 Å². The lowest BCUT2D eigenvalue weighted by molar-refractivity contribution is -0.161. The van der Waals surface area contributed by atoms with E-state index >= 15 is 0 Å². The number of carbonyl (C=O) groups is 3. The average Bonchev–Trinajstić information content (AvgIpc) is 3.41. The van der Waals surface area contributed by atoms with E-state index in [9.17, 15) is 28.9 Å². The van der Waals surface area contributed by atoms with Crippen LogP contribution in [0.15, 0.2) is 109 Å². The van der Waals surface area contributed by atoms with Crippen LogP contribution in [0.2, 0.25) is 0 Å². The number of hydrogen-bond acceptors (Lipinski definition) is 10. The fourth-order valence-electron chi connectivity index (χ4n) is 7.71. The molecule has 0 saturated carbocycles. The quantitative estimate of drug-likeness (QED) is 0.0197. The van der Waals surface area contributed by atoms with Gasteiger partial charge in [0.15, 0.2) is 6.10 Å². The van der Waals surface area contributed by atoms with E-state index < -0.39 is 57.8 Å². The first-order valence-corrected chi connectivity index (χ1v) is 31.3. The number of unbranched alkanes of at least 4 members (excludes halogenated alkanes) is 19. The van der Waals surface area contributed by atoms with Crippen molar-refractivity contribution in [1.82, 2.24) is 0 Å². The van der Waals surface area contributed by atoms with E-state index in [0.29, 0.717) is 19.3 Å². The smallest absolute Gasteiger partial charge is 0.462 e. The van der Waals surface area contributed by atoms with Crippen LogP contribution in [0.25, 0.3) is 0 Å². The summed E-state index contributed by atoms with van der Waals surface area (Å²) in [6.45, 7) is 4.30. The highest BCUT2D eigenvalue weighted by Crippen LogP contribution is 2.43. The minimum absolute atomic E-state index is 0.0508. The summed E-state index contributed by atoms with van der Waals surface area (Å²) >= 11 is 0. The molecule has 0 aliphatic carbocycles. The normalized spacial score (nSPS) is 14.1. The first kappa shape index (κ1) is 72.1. The van der Waals surface area contributed by atoms with Crippen LogP contribution < -0.4 is 0 Å². The number of hydrogen-bond donors (Lipinski definition) is 2. The van der Waals surface area contributed by atoms with Crippen LogP contribution >= 0.6 is 7.82 Å². The predicted molar refractivity (Wildman–Crippen MR) is 316 cm³/mol. The molecular formula is C64H107O11P. The number of aliphatic hydroxyl groups is 1. The molecule has 0 radical (unpaired) electrons. The van der Waals surface area contributed by atoms with Crippen LogP contribution in [0, 0.1) is 0 Å². The van der Waals surface area contributed by atoms with Crippen molar-refractivity contribution in [2.24, 2.45) is 0 Å². The summed E-state index contributed by atoms with van der Waals surface area (Å²) < 4.78 is 39.5. The van der Waals surface area contributed by atoms with E-state index in [1.807, 2.05) is 12.2 Å². The first-order chi connectivity index (χ1) is 37.2. The molecule has 0 saturated heterocycles. The molecule has 0 bridgehead atoms. The van der Waals surface area contributed by atoms with E-state index in [-0.39, 0.29) is 25.9 Å². The molecule has 0 amide bonds. The highest BCUT2D eigenvalue weighted by atomic mass is 31.2. The molecule has 0 aliphatic rings. The highest BCUT2D eigenvalue weighted by molar-refractivity contribution is 7.47. The number of ether oxygens (including phenoxy) is 3. The summed E-state index contributed by atoms with van der Waals surface area (Å²) in [5, 5.41) is 9.80. The summed E-state index contributed by atoms with van der Waals surface area (Å²) in [5.74, 6) is -1.57. The maximum Gasteiger partial charge on any atom is 0.472 e. The molecule has 0 aromatic heterocycles. The third-order valence-corrected chi connectivity index (χ3v) is 13.1. The van der Waals surface area contributed by atoms with Crippen LogP contribution in [0.4, 0.5) is 0 Å². The number of carbonyl (C=O) groups excluding carboxylic acids is 3. The number of rotatable bonds is 54. The Kier molecular flexibility index (Phi) is 54.4. The molecule has 76 heavy (non-hydrogen) atoms. The number of aliphatic hydroxyl groups excluding tert-OH is 1. The second-order valence-corrected chi connectivity index (χ2v) is 20.8. The summed E-state index contributed by atoms with van der Waals surface area (Å²) in [5.41, 5.74) is 0. The van der Waals surface area contributed by atoms with E-state index in [1.54, 1.807) is 0 Å². The molecule has 12 heteroatoms. The molecule has 0 heterocycles. The number of esters is 3. The van der Waals surface area contributed by atoms with Gasteiger partial charge in [0, 0.05) is 19.3 Å².